The maximum Gasteiger partial charge on any atom is 0.234 e. The molecule has 1 amide bonds. The quantitative estimate of drug-likeness (QED) is 0.705. The molecule has 0 spiro atoms. The number of nitrogens with one attached hydrogen (secondary N) is 2. The highest BCUT2D eigenvalue weighted by Crippen LogP contribution is 2.28. The Kier molecular flexibility index (Phi) is 3.06. The first-order valence-electron chi connectivity index (χ1n) is 5.78. The molecule has 0 heterocycles. The molecule has 3 nitrogen and oxygen atoms in total. The molecule has 2 aliphatic carbocycles. The Morgan fingerprint density at radius 2 is 2.00 bits per heavy atom. The minimum absolute atomic E-state index is 0.172. The largest absolute Gasteiger partial charge is 0.352 e. The van der Waals surface area contributed by atoms with Crippen LogP contribution in [0.1, 0.15) is 39.0 Å². The van der Waals surface area contributed by atoms with E-state index in [4.69, 9.17) is 0 Å². The predicted molar refractivity (Wildman–Crippen MR) is 56.0 cm³/mol. The van der Waals surface area contributed by atoms with Crippen LogP contribution >= 0.6 is 0 Å². The molecule has 0 bridgehead atoms. The van der Waals surface area contributed by atoms with Gasteiger partial charge in [-0.25, -0.2) is 0 Å². The Labute approximate surface area is 85.6 Å². The monoisotopic (exact) mass is 196 g/mol. The molecule has 0 saturated heterocycles. The number of carbonyl (C=O) groups is 1. The third-order valence-electron chi connectivity index (χ3n) is 3.36. The number of amides is 1. The van der Waals surface area contributed by atoms with Gasteiger partial charge in [-0.3, -0.25) is 4.79 Å². The van der Waals surface area contributed by atoms with Gasteiger partial charge in [0.15, 0.2) is 0 Å². The Hall–Kier alpha value is -0.570. The summed E-state index contributed by atoms with van der Waals surface area (Å²) in [4.78, 5) is 11.4. The van der Waals surface area contributed by atoms with E-state index in [0.717, 1.165) is 6.42 Å². The van der Waals surface area contributed by atoms with Crippen molar-refractivity contribution in [1.29, 1.82) is 0 Å². The fourth-order valence-corrected chi connectivity index (χ4v) is 2.15. The van der Waals surface area contributed by atoms with E-state index in [1.165, 1.54) is 25.7 Å². The maximum atomic E-state index is 11.4. The van der Waals surface area contributed by atoms with Gasteiger partial charge in [-0.1, -0.05) is 19.8 Å². The molecule has 0 aromatic heterocycles. The van der Waals surface area contributed by atoms with Crippen molar-refractivity contribution >= 4 is 5.91 Å². The molecule has 80 valence electrons. The maximum absolute atomic E-state index is 11.4. The topological polar surface area (TPSA) is 41.1 Å². The van der Waals surface area contributed by atoms with E-state index in [9.17, 15) is 4.79 Å². The van der Waals surface area contributed by atoms with Gasteiger partial charge >= 0.3 is 0 Å². The molecule has 2 unspecified atom stereocenters. The zero-order chi connectivity index (χ0) is 9.97. The summed E-state index contributed by atoms with van der Waals surface area (Å²) >= 11 is 0. The van der Waals surface area contributed by atoms with Crippen LogP contribution in [0.3, 0.4) is 0 Å². The van der Waals surface area contributed by atoms with E-state index >= 15 is 0 Å². The molecule has 0 radical (unpaired) electrons. The van der Waals surface area contributed by atoms with Gasteiger partial charge in [0.25, 0.3) is 0 Å². The van der Waals surface area contributed by atoms with Gasteiger partial charge in [0.1, 0.15) is 0 Å². The summed E-state index contributed by atoms with van der Waals surface area (Å²) in [5, 5.41) is 6.34. The minimum Gasteiger partial charge on any atom is -0.352 e. The summed E-state index contributed by atoms with van der Waals surface area (Å²) in [5.41, 5.74) is 0. The van der Waals surface area contributed by atoms with Crippen molar-refractivity contribution in [3.63, 3.8) is 0 Å². The Morgan fingerprint density at radius 3 is 2.57 bits per heavy atom. The lowest BCUT2D eigenvalue weighted by Crippen LogP contribution is -2.39. The van der Waals surface area contributed by atoms with Crippen LogP contribution in [-0.4, -0.2) is 24.5 Å². The van der Waals surface area contributed by atoms with Crippen LogP contribution in [0.15, 0.2) is 0 Å². The molecular weight excluding hydrogens is 176 g/mol. The molecule has 2 rings (SSSR count). The number of hydrogen-bond donors (Lipinski definition) is 2. The summed E-state index contributed by atoms with van der Waals surface area (Å²) in [6.07, 6.45) is 6.29. The van der Waals surface area contributed by atoms with Crippen molar-refractivity contribution in [2.75, 3.05) is 6.54 Å². The summed E-state index contributed by atoms with van der Waals surface area (Å²) in [7, 11) is 0. The normalized spacial score (nSPS) is 31.8. The van der Waals surface area contributed by atoms with Crippen LogP contribution in [-0.2, 0) is 4.79 Å². The SMILES string of the molecule is CC1CC1NC(=O)CNC1CCCC1. The van der Waals surface area contributed by atoms with Gasteiger partial charge in [-0.2, -0.15) is 0 Å². The van der Waals surface area contributed by atoms with Crippen LogP contribution in [0, 0.1) is 5.92 Å². The zero-order valence-corrected chi connectivity index (χ0v) is 8.88. The molecule has 14 heavy (non-hydrogen) atoms. The summed E-state index contributed by atoms with van der Waals surface area (Å²) in [6.45, 7) is 2.68. The molecule has 2 atom stereocenters. The molecule has 2 fully saturated rings. The second kappa shape index (κ2) is 4.30. The van der Waals surface area contributed by atoms with Gasteiger partial charge < -0.3 is 10.6 Å². The molecule has 2 aliphatic rings. The Bertz CT molecular complexity index is 211. The van der Waals surface area contributed by atoms with Crippen LogP contribution in [0.25, 0.3) is 0 Å². The first-order valence-corrected chi connectivity index (χ1v) is 5.78. The third kappa shape index (κ3) is 2.71. The first-order chi connectivity index (χ1) is 6.75. The summed E-state index contributed by atoms with van der Waals surface area (Å²) in [6, 6.07) is 1.06. The summed E-state index contributed by atoms with van der Waals surface area (Å²) < 4.78 is 0. The Morgan fingerprint density at radius 1 is 1.36 bits per heavy atom. The summed E-state index contributed by atoms with van der Waals surface area (Å²) in [5.74, 6) is 0.872. The standard InChI is InChI=1S/C11H20N2O/c1-8-6-10(8)13-11(14)7-12-9-4-2-3-5-9/h8-10,12H,2-7H2,1H3,(H,13,14). The third-order valence-corrected chi connectivity index (χ3v) is 3.36. The average Bonchev–Trinajstić information content (AvgIpc) is 2.71. The van der Waals surface area contributed by atoms with Crippen molar-refractivity contribution in [3.8, 4) is 0 Å². The van der Waals surface area contributed by atoms with E-state index < -0.39 is 0 Å². The van der Waals surface area contributed by atoms with Crippen LogP contribution < -0.4 is 10.6 Å². The van der Waals surface area contributed by atoms with E-state index in [0.29, 0.717) is 24.5 Å². The van der Waals surface area contributed by atoms with Gasteiger partial charge in [-0.05, 0) is 25.2 Å². The zero-order valence-electron chi connectivity index (χ0n) is 8.88. The molecule has 0 aliphatic heterocycles. The van der Waals surface area contributed by atoms with Gasteiger partial charge in [0.05, 0.1) is 6.54 Å². The van der Waals surface area contributed by atoms with Crippen LogP contribution in [0.5, 0.6) is 0 Å². The lowest BCUT2D eigenvalue weighted by Gasteiger charge is -2.11. The smallest absolute Gasteiger partial charge is 0.234 e. The van der Waals surface area contributed by atoms with Crippen molar-refractivity contribution in [2.45, 2.75) is 51.1 Å². The van der Waals surface area contributed by atoms with Gasteiger partial charge in [-0.15, -0.1) is 0 Å². The fraction of sp³-hybridized carbons (Fsp3) is 0.909. The van der Waals surface area contributed by atoms with Crippen LogP contribution in [0.4, 0.5) is 0 Å². The van der Waals surface area contributed by atoms with E-state index in [1.807, 2.05) is 0 Å². The lowest BCUT2D eigenvalue weighted by atomic mass is 10.2. The van der Waals surface area contributed by atoms with E-state index in [-0.39, 0.29) is 5.91 Å². The highest BCUT2D eigenvalue weighted by Gasteiger charge is 2.33. The number of hydrogen-bond acceptors (Lipinski definition) is 2. The number of rotatable bonds is 4. The van der Waals surface area contributed by atoms with Gasteiger partial charge in [0, 0.05) is 12.1 Å². The van der Waals surface area contributed by atoms with Gasteiger partial charge in [0.2, 0.25) is 5.91 Å². The molecular formula is C11H20N2O. The highest BCUT2D eigenvalue weighted by molar-refractivity contribution is 5.78. The van der Waals surface area contributed by atoms with Crippen molar-refractivity contribution in [1.82, 2.24) is 10.6 Å². The van der Waals surface area contributed by atoms with Crippen LogP contribution in [0.2, 0.25) is 0 Å². The highest BCUT2D eigenvalue weighted by atomic mass is 16.2. The first kappa shape index (κ1) is 9.97. The van der Waals surface area contributed by atoms with Crippen molar-refractivity contribution in [3.05, 3.63) is 0 Å². The molecule has 2 N–H and O–H groups in total. The lowest BCUT2D eigenvalue weighted by molar-refractivity contribution is -0.120. The van der Waals surface area contributed by atoms with E-state index in [1.54, 1.807) is 0 Å². The molecule has 2 saturated carbocycles. The Balaban J connectivity index is 1.57. The van der Waals surface area contributed by atoms with Crippen molar-refractivity contribution < 1.29 is 4.79 Å². The molecule has 0 aromatic carbocycles. The van der Waals surface area contributed by atoms with E-state index in [2.05, 4.69) is 17.6 Å². The fourth-order valence-electron chi connectivity index (χ4n) is 2.15. The average molecular weight is 196 g/mol. The van der Waals surface area contributed by atoms with Crippen molar-refractivity contribution in [2.24, 2.45) is 5.92 Å². The second-order valence-electron chi connectivity index (χ2n) is 4.75. The molecule has 0 aromatic rings. The molecule has 3 heteroatoms. The predicted octanol–water partition coefficient (Wildman–Crippen LogP) is 1.04. The minimum atomic E-state index is 0.172. The number of carbonyl (C=O) groups excluding carboxylic acids is 1. The second-order valence-corrected chi connectivity index (χ2v) is 4.75.